The number of carbonyl (C=O) groups is 1. The molecule has 0 saturated heterocycles. The number of amides is 1. The number of nitrogens with zero attached hydrogens (tertiary/aromatic N) is 4. The molecule has 0 aliphatic carbocycles. The molecule has 0 bridgehead atoms. The summed E-state index contributed by atoms with van der Waals surface area (Å²) in [6.07, 6.45) is 3.06. The topological polar surface area (TPSA) is 96.5 Å². The predicted octanol–water partition coefficient (Wildman–Crippen LogP) is 1.11. The molecule has 0 aliphatic heterocycles. The van der Waals surface area contributed by atoms with Gasteiger partial charge in [-0.15, -0.1) is 10.2 Å². The number of nitrogens with one attached hydrogen (secondary N) is 2. The Morgan fingerprint density at radius 3 is 3.00 bits per heavy atom. The van der Waals surface area contributed by atoms with Gasteiger partial charge in [-0.05, 0) is 17.9 Å². The number of H-pyrrole nitrogens is 1. The molecule has 3 rings (SSSR count). The van der Waals surface area contributed by atoms with Crippen LogP contribution < -0.4 is 5.32 Å². The molecule has 3 aromatic rings. The van der Waals surface area contributed by atoms with Crippen LogP contribution in [0.25, 0.3) is 10.8 Å². The van der Waals surface area contributed by atoms with Crippen LogP contribution in [0.5, 0.6) is 0 Å². The van der Waals surface area contributed by atoms with E-state index in [1.165, 1.54) is 0 Å². The minimum atomic E-state index is -0.167. The normalized spacial score (nSPS) is 10.7. The lowest BCUT2D eigenvalue weighted by molar-refractivity contribution is 0.0950. The smallest absolute Gasteiger partial charge is 0.270 e. The lowest BCUT2D eigenvalue weighted by Gasteiger charge is -2.06. The second-order valence-corrected chi connectivity index (χ2v) is 4.57. The Morgan fingerprint density at radius 1 is 1.24 bits per heavy atom. The second kappa shape index (κ2) is 6.08. The summed E-state index contributed by atoms with van der Waals surface area (Å²) in [5, 5.41) is 18.3. The summed E-state index contributed by atoms with van der Waals surface area (Å²) in [5.41, 5.74) is 0.452. The van der Waals surface area contributed by atoms with Gasteiger partial charge in [-0.25, -0.2) is 0 Å². The van der Waals surface area contributed by atoms with Gasteiger partial charge in [0.2, 0.25) is 0 Å². The molecular weight excluding hydrogens is 268 g/mol. The molecule has 106 valence electrons. The number of pyridine rings is 1. The van der Waals surface area contributed by atoms with Gasteiger partial charge in [0.25, 0.3) is 5.91 Å². The van der Waals surface area contributed by atoms with Crippen molar-refractivity contribution in [3.63, 3.8) is 0 Å². The Bertz CT molecular complexity index is 735. The quantitative estimate of drug-likeness (QED) is 0.683. The molecule has 7 nitrogen and oxygen atoms in total. The van der Waals surface area contributed by atoms with Crippen LogP contribution in [-0.4, -0.2) is 38.1 Å². The van der Waals surface area contributed by atoms with Gasteiger partial charge in [-0.1, -0.05) is 29.5 Å². The Kier molecular flexibility index (Phi) is 3.81. The number of hydrogen-bond acceptors (Lipinski definition) is 5. The fraction of sp³-hybridized carbons (Fsp3) is 0.214. The number of aromatic amines is 1. The van der Waals surface area contributed by atoms with Crippen molar-refractivity contribution in [2.75, 3.05) is 6.54 Å². The van der Waals surface area contributed by atoms with E-state index in [9.17, 15) is 4.79 Å². The maximum atomic E-state index is 12.2. The van der Waals surface area contributed by atoms with Crippen molar-refractivity contribution in [1.82, 2.24) is 30.9 Å². The van der Waals surface area contributed by atoms with Crippen molar-refractivity contribution in [3.8, 4) is 0 Å². The maximum absolute atomic E-state index is 12.2. The van der Waals surface area contributed by atoms with E-state index in [-0.39, 0.29) is 5.91 Å². The Morgan fingerprint density at radius 2 is 2.14 bits per heavy atom. The number of rotatable bonds is 5. The molecule has 1 amide bonds. The highest BCUT2D eigenvalue weighted by molar-refractivity contribution is 6.05. The first kappa shape index (κ1) is 13.2. The highest BCUT2D eigenvalue weighted by Crippen LogP contribution is 2.15. The number of aryl methyl sites for hydroxylation is 1. The molecule has 2 aromatic heterocycles. The third-order valence-electron chi connectivity index (χ3n) is 3.14. The summed E-state index contributed by atoms with van der Waals surface area (Å²) in [7, 11) is 0. The molecular formula is C14H14N6O. The van der Waals surface area contributed by atoms with Gasteiger partial charge in [0, 0.05) is 24.5 Å². The van der Waals surface area contributed by atoms with Gasteiger partial charge >= 0.3 is 0 Å². The van der Waals surface area contributed by atoms with Gasteiger partial charge in [0.15, 0.2) is 5.82 Å². The van der Waals surface area contributed by atoms with E-state index < -0.39 is 0 Å². The average Bonchev–Trinajstić information content (AvgIpc) is 3.04. The lowest BCUT2D eigenvalue weighted by atomic mass is 10.1. The zero-order chi connectivity index (χ0) is 14.5. The highest BCUT2D eigenvalue weighted by Gasteiger charge is 2.10. The molecule has 0 unspecified atom stereocenters. The van der Waals surface area contributed by atoms with Gasteiger partial charge in [0.1, 0.15) is 5.69 Å². The van der Waals surface area contributed by atoms with Crippen LogP contribution >= 0.6 is 0 Å². The molecule has 0 spiro atoms. The molecule has 21 heavy (non-hydrogen) atoms. The van der Waals surface area contributed by atoms with Crippen LogP contribution in [0.15, 0.2) is 36.5 Å². The number of benzene rings is 1. The van der Waals surface area contributed by atoms with Crippen LogP contribution in [0, 0.1) is 0 Å². The lowest BCUT2D eigenvalue weighted by Crippen LogP contribution is -2.26. The summed E-state index contributed by atoms with van der Waals surface area (Å²) in [5.74, 6) is 0.479. The fourth-order valence-corrected chi connectivity index (χ4v) is 2.12. The van der Waals surface area contributed by atoms with Gasteiger partial charge < -0.3 is 5.32 Å². The molecule has 1 aromatic carbocycles. The molecule has 2 heterocycles. The molecule has 0 aliphatic rings. The van der Waals surface area contributed by atoms with E-state index in [2.05, 4.69) is 30.9 Å². The summed E-state index contributed by atoms with van der Waals surface area (Å²) >= 11 is 0. The Balaban J connectivity index is 1.62. The average molecular weight is 282 g/mol. The van der Waals surface area contributed by atoms with E-state index in [0.717, 1.165) is 17.2 Å². The van der Waals surface area contributed by atoms with E-state index >= 15 is 0 Å². The minimum absolute atomic E-state index is 0.167. The monoisotopic (exact) mass is 282 g/mol. The first-order chi connectivity index (χ1) is 10.3. The van der Waals surface area contributed by atoms with E-state index in [4.69, 9.17) is 0 Å². The third-order valence-corrected chi connectivity index (χ3v) is 3.14. The molecule has 0 saturated carbocycles. The Hall–Kier alpha value is -2.83. The SMILES string of the molecule is O=C(NCCCc1nn[nH]n1)c1nccc2ccccc12. The number of aromatic nitrogens is 5. The standard InChI is InChI=1S/C14H14N6O/c21-14(16-8-3-6-12-17-19-20-18-12)13-11-5-2-1-4-10(11)7-9-15-13/h1-2,4-5,7,9H,3,6,8H2,(H,16,21)(H,17,18,19,20). The van der Waals surface area contributed by atoms with Crippen LogP contribution in [0.1, 0.15) is 22.7 Å². The van der Waals surface area contributed by atoms with E-state index in [1.54, 1.807) is 6.20 Å². The Labute approximate surface area is 120 Å². The molecule has 0 fully saturated rings. The largest absolute Gasteiger partial charge is 0.351 e. The molecule has 0 atom stereocenters. The van der Waals surface area contributed by atoms with Crippen molar-refractivity contribution >= 4 is 16.7 Å². The first-order valence-corrected chi connectivity index (χ1v) is 6.69. The van der Waals surface area contributed by atoms with Crippen LogP contribution in [0.3, 0.4) is 0 Å². The number of tetrazole rings is 1. The first-order valence-electron chi connectivity index (χ1n) is 6.69. The van der Waals surface area contributed by atoms with Crippen molar-refractivity contribution in [1.29, 1.82) is 0 Å². The third kappa shape index (κ3) is 3.02. The predicted molar refractivity (Wildman–Crippen MR) is 76.6 cm³/mol. The summed E-state index contributed by atoms with van der Waals surface area (Å²) in [4.78, 5) is 16.4. The van der Waals surface area contributed by atoms with Gasteiger partial charge in [-0.2, -0.15) is 5.21 Å². The van der Waals surface area contributed by atoms with Crippen LogP contribution in [-0.2, 0) is 6.42 Å². The maximum Gasteiger partial charge on any atom is 0.270 e. The number of fused-ring (bicyclic) bond motifs is 1. The molecule has 7 heteroatoms. The van der Waals surface area contributed by atoms with Crippen LogP contribution in [0.2, 0.25) is 0 Å². The van der Waals surface area contributed by atoms with Gasteiger partial charge in [-0.3, -0.25) is 9.78 Å². The van der Waals surface area contributed by atoms with Crippen molar-refractivity contribution in [2.45, 2.75) is 12.8 Å². The second-order valence-electron chi connectivity index (χ2n) is 4.57. The summed E-state index contributed by atoms with van der Waals surface area (Å²) in [6.45, 7) is 0.540. The summed E-state index contributed by atoms with van der Waals surface area (Å²) in [6, 6.07) is 9.59. The fourth-order valence-electron chi connectivity index (χ4n) is 2.12. The van der Waals surface area contributed by atoms with Crippen molar-refractivity contribution in [2.24, 2.45) is 0 Å². The number of carbonyl (C=O) groups excluding carboxylic acids is 1. The highest BCUT2D eigenvalue weighted by atomic mass is 16.1. The van der Waals surface area contributed by atoms with E-state index in [1.807, 2.05) is 30.3 Å². The van der Waals surface area contributed by atoms with Gasteiger partial charge in [0.05, 0.1) is 0 Å². The molecule has 0 radical (unpaired) electrons. The minimum Gasteiger partial charge on any atom is -0.351 e. The van der Waals surface area contributed by atoms with Crippen molar-refractivity contribution < 1.29 is 4.79 Å². The van der Waals surface area contributed by atoms with Crippen molar-refractivity contribution in [3.05, 3.63) is 48.0 Å². The molecule has 2 N–H and O–H groups in total. The zero-order valence-electron chi connectivity index (χ0n) is 11.3. The summed E-state index contributed by atoms with van der Waals surface area (Å²) < 4.78 is 0. The zero-order valence-corrected chi connectivity index (χ0v) is 11.3. The van der Waals surface area contributed by atoms with E-state index in [0.29, 0.717) is 24.5 Å². The number of hydrogen-bond donors (Lipinski definition) is 2. The van der Waals surface area contributed by atoms with Crippen LogP contribution in [0.4, 0.5) is 0 Å².